The van der Waals surface area contributed by atoms with Crippen molar-refractivity contribution in [2.24, 2.45) is 0 Å². The highest BCUT2D eigenvalue weighted by molar-refractivity contribution is 6.30. The molecule has 2 rings (SSSR count). The zero-order valence-electron chi connectivity index (χ0n) is 12.2. The number of benzene rings is 1. The molecule has 0 bridgehead atoms. The smallest absolute Gasteiger partial charge is 0.348 e. The third kappa shape index (κ3) is 4.45. The van der Waals surface area contributed by atoms with E-state index in [1.165, 1.54) is 30.6 Å². The molecule has 0 unspecified atom stereocenters. The summed E-state index contributed by atoms with van der Waals surface area (Å²) in [4.78, 5) is 19.4. The van der Waals surface area contributed by atoms with Crippen LogP contribution in [0.5, 0.6) is 0 Å². The van der Waals surface area contributed by atoms with Gasteiger partial charge in [0.25, 0.3) is 5.91 Å². The largest absolute Gasteiger partial charge is 0.418 e. The molecule has 9 heteroatoms. The molecule has 0 aliphatic carbocycles. The van der Waals surface area contributed by atoms with E-state index in [2.05, 4.69) is 27.2 Å². The fourth-order valence-corrected chi connectivity index (χ4v) is 1.93. The lowest BCUT2D eigenvalue weighted by atomic mass is 10.1. The van der Waals surface area contributed by atoms with Crippen LogP contribution in [0.3, 0.4) is 0 Å². The van der Waals surface area contributed by atoms with Crippen LogP contribution in [0.4, 0.5) is 24.8 Å². The average molecular weight is 357 g/mol. The number of nitrogens with one attached hydrogen (secondary N) is 2. The van der Waals surface area contributed by atoms with Crippen LogP contribution < -0.4 is 10.6 Å². The second kappa shape index (κ2) is 7.31. The van der Waals surface area contributed by atoms with Gasteiger partial charge in [-0.3, -0.25) is 4.79 Å². The quantitative estimate of drug-likeness (QED) is 0.799. The predicted molar refractivity (Wildman–Crippen MR) is 84.3 cm³/mol. The first-order valence-corrected chi connectivity index (χ1v) is 7.04. The molecule has 5 nitrogen and oxygen atoms in total. The maximum absolute atomic E-state index is 13.0. The Bertz CT molecular complexity index is 747. The second-order valence-corrected chi connectivity index (χ2v) is 5.04. The van der Waals surface area contributed by atoms with Gasteiger partial charge in [-0.2, -0.15) is 13.2 Å². The molecule has 126 valence electrons. The van der Waals surface area contributed by atoms with Crippen molar-refractivity contribution >= 4 is 29.1 Å². The van der Waals surface area contributed by atoms with Crippen molar-refractivity contribution in [1.82, 2.24) is 15.3 Å². The van der Waals surface area contributed by atoms with Crippen molar-refractivity contribution in [2.45, 2.75) is 6.18 Å². The van der Waals surface area contributed by atoms with E-state index < -0.39 is 17.6 Å². The Balaban J connectivity index is 2.20. The van der Waals surface area contributed by atoms with Gasteiger partial charge in [-0.15, -0.1) is 6.58 Å². The molecule has 2 N–H and O–H groups in total. The summed E-state index contributed by atoms with van der Waals surface area (Å²) >= 11 is 5.61. The van der Waals surface area contributed by atoms with Crippen molar-refractivity contribution in [3.63, 3.8) is 0 Å². The van der Waals surface area contributed by atoms with E-state index in [4.69, 9.17) is 11.6 Å². The third-order valence-corrected chi connectivity index (χ3v) is 3.09. The minimum Gasteiger partial charge on any atom is -0.348 e. The number of carbonyl (C=O) groups excluding carboxylic acids is 1. The fraction of sp³-hybridized carbons (Fsp3) is 0.133. The number of nitrogens with zero attached hydrogens (tertiary/aromatic N) is 2. The molecule has 24 heavy (non-hydrogen) atoms. The zero-order chi connectivity index (χ0) is 17.7. The van der Waals surface area contributed by atoms with E-state index in [1.807, 2.05) is 0 Å². The lowest BCUT2D eigenvalue weighted by Gasteiger charge is -2.14. The number of carbonyl (C=O) groups is 1. The SMILES string of the molecule is C=CCNC(=O)c1cnc(Nc2ccc(Cl)cc2C(F)(F)F)nc1. The van der Waals surface area contributed by atoms with Gasteiger partial charge in [0.1, 0.15) is 0 Å². The summed E-state index contributed by atoms with van der Waals surface area (Å²) in [5.41, 5.74) is -1.00. The number of hydrogen-bond donors (Lipinski definition) is 2. The van der Waals surface area contributed by atoms with E-state index in [9.17, 15) is 18.0 Å². The third-order valence-electron chi connectivity index (χ3n) is 2.85. The Morgan fingerprint density at radius 2 is 1.96 bits per heavy atom. The van der Waals surface area contributed by atoms with Crippen LogP contribution in [-0.2, 0) is 6.18 Å². The molecule has 0 saturated carbocycles. The molecular formula is C15H12ClF3N4O. The Kier molecular flexibility index (Phi) is 5.40. The Morgan fingerprint density at radius 3 is 2.54 bits per heavy atom. The molecule has 0 radical (unpaired) electrons. The molecule has 2 aromatic rings. The lowest BCUT2D eigenvalue weighted by molar-refractivity contribution is -0.136. The van der Waals surface area contributed by atoms with Gasteiger partial charge >= 0.3 is 6.18 Å². The summed E-state index contributed by atoms with van der Waals surface area (Å²) in [6.07, 6.45) is -0.667. The first kappa shape index (κ1) is 17.7. The number of anilines is 2. The van der Waals surface area contributed by atoms with Gasteiger partial charge in [0, 0.05) is 24.0 Å². The normalized spacial score (nSPS) is 11.0. The van der Waals surface area contributed by atoms with Gasteiger partial charge < -0.3 is 10.6 Å². The molecule has 0 aliphatic heterocycles. The van der Waals surface area contributed by atoms with Crippen LogP contribution in [0.1, 0.15) is 15.9 Å². The Hall–Kier alpha value is -2.61. The molecule has 1 aromatic carbocycles. The van der Waals surface area contributed by atoms with Crippen LogP contribution in [0.15, 0.2) is 43.2 Å². The van der Waals surface area contributed by atoms with E-state index in [0.29, 0.717) is 0 Å². The monoisotopic (exact) mass is 356 g/mol. The Labute approximate surface area is 140 Å². The van der Waals surface area contributed by atoms with Gasteiger partial charge in [0.15, 0.2) is 0 Å². The maximum Gasteiger partial charge on any atom is 0.418 e. The highest BCUT2D eigenvalue weighted by atomic mass is 35.5. The summed E-state index contributed by atoms with van der Waals surface area (Å²) in [5.74, 6) is -0.494. The number of halogens is 4. The molecule has 1 amide bonds. The van der Waals surface area contributed by atoms with E-state index >= 15 is 0 Å². The second-order valence-electron chi connectivity index (χ2n) is 4.61. The number of hydrogen-bond acceptors (Lipinski definition) is 4. The van der Waals surface area contributed by atoms with Crippen molar-refractivity contribution in [3.8, 4) is 0 Å². The van der Waals surface area contributed by atoms with Crippen LogP contribution in [0.25, 0.3) is 0 Å². The highest BCUT2D eigenvalue weighted by Crippen LogP contribution is 2.37. The van der Waals surface area contributed by atoms with Gasteiger partial charge in [-0.25, -0.2) is 9.97 Å². The summed E-state index contributed by atoms with van der Waals surface area (Å²) < 4.78 is 39.1. The predicted octanol–water partition coefficient (Wildman–Crippen LogP) is 3.81. The number of aromatic nitrogens is 2. The minimum atomic E-state index is -4.59. The summed E-state index contributed by atoms with van der Waals surface area (Å²) in [6, 6.07) is 3.30. The van der Waals surface area contributed by atoms with Crippen molar-refractivity contribution in [3.05, 3.63) is 59.4 Å². The highest BCUT2D eigenvalue weighted by Gasteiger charge is 2.34. The number of alkyl halides is 3. The number of rotatable bonds is 5. The van der Waals surface area contributed by atoms with Gasteiger partial charge in [-0.05, 0) is 18.2 Å². The zero-order valence-corrected chi connectivity index (χ0v) is 12.9. The Morgan fingerprint density at radius 1 is 1.29 bits per heavy atom. The molecule has 0 fully saturated rings. The van der Waals surface area contributed by atoms with Crippen molar-refractivity contribution in [2.75, 3.05) is 11.9 Å². The summed E-state index contributed by atoms with van der Waals surface area (Å²) in [5, 5.41) is 4.96. The molecule has 1 aromatic heterocycles. The van der Waals surface area contributed by atoms with Gasteiger partial charge in [0.2, 0.25) is 5.95 Å². The van der Waals surface area contributed by atoms with Gasteiger partial charge in [-0.1, -0.05) is 17.7 Å². The van der Waals surface area contributed by atoms with E-state index in [-0.39, 0.29) is 28.8 Å². The molecule has 1 heterocycles. The van der Waals surface area contributed by atoms with E-state index in [1.54, 1.807) is 0 Å². The summed E-state index contributed by atoms with van der Waals surface area (Å²) in [7, 11) is 0. The van der Waals surface area contributed by atoms with Crippen molar-refractivity contribution < 1.29 is 18.0 Å². The molecule has 0 atom stereocenters. The average Bonchev–Trinajstić information content (AvgIpc) is 2.54. The molecule has 0 saturated heterocycles. The topological polar surface area (TPSA) is 66.9 Å². The van der Waals surface area contributed by atoms with Gasteiger partial charge in [0.05, 0.1) is 16.8 Å². The molecule has 0 spiro atoms. The maximum atomic E-state index is 13.0. The van der Waals surface area contributed by atoms with E-state index in [0.717, 1.165) is 6.07 Å². The summed E-state index contributed by atoms with van der Waals surface area (Å²) in [6.45, 7) is 3.74. The molecular weight excluding hydrogens is 345 g/mol. The molecule has 0 aliphatic rings. The van der Waals surface area contributed by atoms with Crippen LogP contribution in [-0.4, -0.2) is 22.4 Å². The minimum absolute atomic E-state index is 0.0389. The van der Waals surface area contributed by atoms with Crippen LogP contribution >= 0.6 is 11.6 Å². The number of amides is 1. The van der Waals surface area contributed by atoms with Crippen LogP contribution in [0, 0.1) is 0 Å². The first-order chi connectivity index (χ1) is 11.3. The standard InChI is InChI=1S/C15H12ClF3N4O/c1-2-5-20-13(24)9-7-21-14(22-8-9)23-12-4-3-10(16)6-11(12)15(17,18)19/h2-4,6-8H,1,5H2,(H,20,24)(H,21,22,23). The van der Waals surface area contributed by atoms with Crippen molar-refractivity contribution in [1.29, 1.82) is 0 Å². The van der Waals surface area contributed by atoms with Crippen LogP contribution in [0.2, 0.25) is 5.02 Å². The lowest BCUT2D eigenvalue weighted by Crippen LogP contribution is -2.23. The fourth-order valence-electron chi connectivity index (χ4n) is 1.76. The first-order valence-electron chi connectivity index (χ1n) is 6.66.